The third-order valence-corrected chi connectivity index (χ3v) is 3.64. The van der Waals surface area contributed by atoms with Crippen molar-refractivity contribution in [3.8, 4) is 0 Å². The Morgan fingerprint density at radius 3 is 3.00 bits per heavy atom. The Bertz CT molecular complexity index is 1020. The van der Waals surface area contributed by atoms with Crippen LogP contribution in [0.4, 0.5) is 0 Å². The number of fused-ring (bicyclic) bond motifs is 2. The zero-order valence-corrected chi connectivity index (χ0v) is 12.5. The van der Waals surface area contributed by atoms with Gasteiger partial charge in [0.15, 0.2) is 11.5 Å². The number of carbonyl (C=O) groups excluding carboxylic acids is 1. The molecule has 1 N–H and O–H groups in total. The summed E-state index contributed by atoms with van der Waals surface area (Å²) in [6.07, 6.45) is 5.47. The monoisotopic (exact) mass is 306 g/mol. The highest BCUT2D eigenvalue weighted by molar-refractivity contribution is 5.92. The third kappa shape index (κ3) is 2.42. The van der Waals surface area contributed by atoms with Crippen LogP contribution in [0.15, 0.2) is 48.9 Å². The van der Waals surface area contributed by atoms with E-state index < -0.39 is 0 Å². The van der Waals surface area contributed by atoms with Gasteiger partial charge in [0.1, 0.15) is 11.3 Å². The molecule has 0 radical (unpaired) electrons. The third-order valence-electron chi connectivity index (χ3n) is 3.64. The molecule has 7 heteroatoms. The smallest absolute Gasteiger partial charge is 0.271 e. The predicted octanol–water partition coefficient (Wildman–Crippen LogP) is 1.62. The molecule has 0 unspecified atom stereocenters. The van der Waals surface area contributed by atoms with Crippen LogP contribution >= 0.6 is 0 Å². The molecule has 0 fully saturated rings. The average Bonchev–Trinajstić information content (AvgIpc) is 3.16. The molecular weight excluding hydrogens is 292 g/mol. The Hall–Kier alpha value is -3.22. The molecule has 23 heavy (non-hydrogen) atoms. The van der Waals surface area contributed by atoms with Crippen molar-refractivity contribution in [2.24, 2.45) is 0 Å². The van der Waals surface area contributed by atoms with Gasteiger partial charge in [0.05, 0.1) is 6.54 Å². The molecule has 0 spiro atoms. The maximum absolute atomic E-state index is 12.3. The van der Waals surface area contributed by atoms with Crippen LogP contribution in [0.3, 0.4) is 0 Å². The summed E-state index contributed by atoms with van der Waals surface area (Å²) in [6.45, 7) is 2.28. The minimum atomic E-state index is -0.237. The molecule has 0 saturated heterocycles. The van der Waals surface area contributed by atoms with Crippen molar-refractivity contribution in [2.75, 3.05) is 0 Å². The number of amides is 1. The summed E-state index contributed by atoms with van der Waals surface area (Å²) in [6, 6.07) is 9.56. The van der Waals surface area contributed by atoms with Gasteiger partial charge in [-0.2, -0.15) is 0 Å². The van der Waals surface area contributed by atoms with E-state index in [4.69, 9.17) is 0 Å². The van der Waals surface area contributed by atoms with Gasteiger partial charge >= 0.3 is 0 Å². The molecule has 7 nitrogen and oxygen atoms in total. The molecule has 4 rings (SSSR count). The van der Waals surface area contributed by atoms with Gasteiger partial charge in [-0.3, -0.25) is 9.20 Å². The van der Waals surface area contributed by atoms with E-state index in [9.17, 15) is 4.79 Å². The fraction of sp³-hybridized carbons (Fsp3) is 0.125. The minimum absolute atomic E-state index is 0.237. The molecule has 114 valence electrons. The molecule has 0 aliphatic carbocycles. The van der Waals surface area contributed by atoms with Crippen LogP contribution in [-0.2, 0) is 6.54 Å². The second-order valence-corrected chi connectivity index (χ2v) is 5.32. The van der Waals surface area contributed by atoms with Crippen molar-refractivity contribution < 1.29 is 4.79 Å². The normalized spacial score (nSPS) is 11.2. The molecule has 0 aliphatic heterocycles. The Kier molecular flexibility index (Phi) is 3.04. The molecule has 1 amide bonds. The first-order chi connectivity index (χ1) is 11.2. The van der Waals surface area contributed by atoms with Crippen LogP contribution in [0, 0.1) is 6.92 Å². The summed E-state index contributed by atoms with van der Waals surface area (Å²) in [5, 5.41) is 11.0. The molecular formula is C16H14N6O. The number of hydrogen-bond donors (Lipinski definition) is 1. The number of nitrogens with zero attached hydrogens (tertiary/aromatic N) is 5. The van der Waals surface area contributed by atoms with E-state index in [0.29, 0.717) is 11.5 Å². The highest BCUT2D eigenvalue weighted by Crippen LogP contribution is 2.08. The Morgan fingerprint density at radius 2 is 2.09 bits per heavy atom. The highest BCUT2D eigenvalue weighted by atomic mass is 16.1. The van der Waals surface area contributed by atoms with Gasteiger partial charge < -0.3 is 9.72 Å². The highest BCUT2D eigenvalue weighted by Gasteiger charge is 2.12. The van der Waals surface area contributed by atoms with E-state index in [1.807, 2.05) is 58.5 Å². The van der Waals surface area contributed by atoms with Crippen molar-refractivity contribution in [3.05, 3.63) is 66.0 Å². The number of aromatic nitrogens is 5. The Balaban J connectivity index is 1.55. The van der Waals surface area contributed by atoms with Crippen LogP contribution in [0.25, 0.3) is 11.3 Å². The predicted molar refractivity (Wildman–Crippen MR) is 84.1 cm³/mol. The van der Waals surface area contributed by atoms with E-state index in [2.05, 4.69) is 20.5 Å². The van der Waals surface area contributed by atoms with Gasteiger partial charge in [0, 0.05) is 18.6 Å². The number of aryl methyl sites for hydroxylation is 1. The number of rotatable bonds is 3. The fourth-order valence-corrected chi connectivity index (χ4v) is 2.45. The van der Waals surface area contributed by atoms with Crippen LogP contribution in [-0.4, -0.2) is 29.9 Å². The second-order valence-electron chi connectivity index (χ2n) is 5.32. The van der Waals surface area contributed by atoms with Gasteiger partial charge in [-0.25, -0.2) is 4.98 Å². The number of nitrogens with one attached hydrogen (secondary N) is 1. The Labute approximate surface area is 131 Å². The maximum Gasteiger partial charge on any atom is 0.271 e. The van der Waals surface area contributed by atoms with Crippen molar-refractivity contribution in [1.82, 2.24) is 29.3 Å². The van der Waals surface area contributed by atoms with Gasteiger partial charge in [-0.05, 0) is 36.8 Å². The lowest BCUT2D eigenvalue weighted by Crippen LogP contribution is -2.24. The molecule has 0 bridgehead atoms. The first-order valence-electron chi connectivity index (χ1n) is 7.23. The molecule has 4 aromatic rings. The minimum Gasteiger partial charge on any atom is -0.343 e. The number of imidazole rings is 1. The van der Waals surface area contributed by atoms with E-state index in [0.717, 1.165) is 16.9 Å². The summed E-state index contributed by atoms with van der Waals surface area (Å²) in [5.74, 6) is 0.438. The molecule has 4 heterocycles. The number of pyridine rings is 2. The zero-order valence-electron chi connectivity index (χ0n) is 12.5. The first-order valence-corrected chi connectivity index (χ1v) is 7.23. The summed E-state index contributed by atoms with van der Waals surface area (Å²) < 4.78 is 3.67. The van der Waals surface area contributed by atoms with Crippen molar-refractivity contribution >= 4 is 17.2 Å². The van der Waals surface area contributed by atoms with Gasteiger partial charge in [-0.1, -0.05) is 6.07 Å². The number of hydrogen-bond acceptors (Lipinski definition) is 4. The number of carbonyl (C=O) groups is 1. The average molecular weight is 306 g/mol. The van der Waals surface area contributed by atoms with Crippen molar-refractivity contribution in [3.63, 3.8) is 0 Å². The molecule has 4 aromatic heterocycles. The van der Waals surface area contributed by atoms with E-state index in [1.165, 1.54) is 0 Å². The lowest BCUT2D eigenvalue weighted by atomic mass is 10.3. The molecule has 0 atom stereocenters. The van der Waals surface area contributed by atoms with Crippen molar-refractivity contribution in [1.29, 1.82) is 0 Å². The fourth-order valence-electron chi connectivity index (χ4n) is 2.45. The quantitative estimate of drug-likeness (QED) is 0.624. The molecule has 0 aromatic carbocycles. The Morgan fingerprint density at radius 1 is 1.17 bits per heavy atom. The SMILES string of the molecule is Cc1ccn2cc(C(=O)NCc3nnc4ccccn34)nc2c1. The van der Waals surface area contributed by atoms with Gasteiger partial charge in [0.2, 0.25) is 0 Å². The molecule has 0 aliphatic rings. The van der Waals surface area contributed by atoms with Crippen molar-refractivity contribution in [2.45, 2.75) is 13.5 Å². The zero-order chi connectivity index (χ0) is 15.8. The topological polar surface area (TPSA) is 76.6 Å². The van der Waals surface area contributed by atoms with Gasteiger partial charge in [-0.15, -0.1) is 10.2 Å². The summed E-state index contributed by atoms with van der Waals surface area (Å²) in [7, 11) is 0. The lowest BCUT2D eigenvalue weighted by Gasteiger charge is -2.01. The van der Waals surface area contributed by atoms with E-state index in [-0.39, 0.29) is 12.5 Å². The summed E-state index contributed by atoms with van der Waals surface area (Å²) >= 11 is 0. The maximum atomic E-state index is 12.3. The summed E-state index contributed by atoms with van der Waals surface area (Å²) in [4.78, 5) is 16.6. The first kappa shape index (κ1) is 13.4. The van der Waals surface area contributed by atoms with Crippen LogP contribution < -0.4 is 5.32 Å². The lowest BCUT2D eigenvalue weighted by molar-refractivity contribution is 0.0945. The molecule has 0 saturated carbocycles. The summed E-state index contributed by atoms with van der Waals surface area (Å²) in [5.41, 5.74) is 2.98. The van der Waals surface area contributed by atoms with E-state index >= 15 is 0 Å². The van der Waals surface area contributed by atoms with Gasteiger partial charge in [0.25, 0.3) is 5.91 Å². The second kappa shape index (κ2) is 5.20. The van der Waals surface area contributed by atoms with Crippen LogP contribution in [0.1, 0.15) is 21.9 Å². The van der Waals surface area contributed by atoms with Crippen LogP contribution in [0.5, 0.6) is 0 Å². The van der Waals surface area contributed by atoms with Crippen LogP contribution in [0.2, 0.25) is 0 Å². The van der Waals surface area contributed by atoms with E-state index in [1.54, 1.807) is 6.20 Å². The standard InChI is InChI=1S/C16H14N6O/c1-11-5-7-21-10-12(18-14(21)8-11)16(23)17-9-15-20-19-13-4-2-3-6-22(13)15/h2-8,10H,9H2,1H3,(H,17,23). The largest absolute Gasteiger partial charge is 0.343 e.